The first-order valence-electron chi connectivity index (χ1n) is 8.70. The first kappa shape index (κ1) is 17.4. The molecule has 2 heterocycles. The van der Waals surface area contributed by atoms with Crippen molar-refractivity contribution in [2.45, 2.75) is 0 Å². The summed E-state index contributed by atoms with van der Waals surface area (Å²) >= 11 is 0. The normalized spacial score (nSPS) is 13.8. The molecule has 3 aromatic carbocycles. The van der Waals surface area contributed by atoms with Crippen molar-refractivity contribution >= 4 is 34.9 Å². The van der Waals surface area contributed by atoms with Gasteiger partial charge in [0.15, 0.2) is 0 Å². The molecule has 0 saturated heterocycles. The Labute approximate surface area is 169 Å². The molecule has 2 aliphatic heterocycles. The summed E-state index contributed by atoms with van der Waals surface area (Å²) in [7, 11) is 0. The molecular formula is C24H16CuN2. The van der Waals surface area contributed by atoms with Gasteiger partial charge in [-0.1, -0.05) is 97.1 Å². The Morgan fingerprint density at radius 2 is 0.852 bits per heavy atom. The zero-order chi connectivity index (χ0) is 17.3. The van der Waals surface area contributed by atoms with Crippen LogP contribution in [0.2, 0.25) is 0 Å². The zero-order valence-electron chi connectivity index (χ0n) is 14.4. The fourth-order valence-electron chi connectivity index (χ4n) is 3.31. The van der Waals surface area contributed by atoms with Crippen molar-refractivity contribution in [3.63, 3.8) is 0 Å². The van der Waals surface area contributed by atoms with E-state index in [1.54, 1.807) is 0 Å². The maximum atomic E-state index is 4.95. The molecule has 2 aliphatic rings. The van der Waals surface area contributed by atoms with Gasteiger partial charge in [0.1, 0.15) is 0 Å². The topological polar surface area (TPSA) is 28.2 Å². The Morgan fingerprint density at radius 3 is 1.26 bits per heavy atom. The van der Waals surface area contributed by atoms with E-state index in [4.69, 9.17) is 10.6 Å². The van der Waals surface area contributed by atoms with Crippen LogP contribution in [0.25, 0.3) is 34.2 Å². The SMILES string of the molecule is C1=C(c2ccccc2)[N-]c2c3c(ccc2=C1)=CC=C(c1ccccc1)[N-]3.[Cu+2]. The number of hydrogen-bond donors (Lipinski definition) is 0. The molecule has 3 heteroatoms. The van der Waals surface area contributed by atoms with Crippen LogP contribution in [-0.4, -0.2) is 0 Å². The van der Waals surface area contributed by atoms with Crippen molar-refractivity contribution in [2.24, 2.45) is 0 Å². The van der Waals surface area contributed by atoms with Gasteiger partial charge in [-0.15, -0.1) is 22.8 Å². The van der Waals surface area contributed by atoms with E-state index in [1.165, 1.54) is 0 Å². The van der Waals surface area contributed by atoms with Crippen molar-refractivity contribution in [2.75, 3.05) is 0 Å². The minimum atomic E-state index is 0. The summed E-state index contributed by atoms with van der Waals surface area (Å²) in [6, 6.07) is 24.8. The molecule has 0 saturated carbocycles. The molecule has 0 unspecified atom stereocenters. The molecule has 2 nitrogen and oxygen atoms in total. The van der Waals surface area contributed by atoms with Gasteiger partial charge in [0.05, 0.1) is 0 Å². The third-order valence-electron chi connectivity index (χ3n) is 4.66. The van der Waals surface area contributed by atoms with Gasteiger partial charge in [-0.05, 0) is 21.6 Å². The van der Waals surface area contributed by atoms with Gasteiger partial charge in [-0.3, -0.25) is 0 Å². The summed E-state index contributed by atoms with van der Waals surface area (Å²) in [4.78, 5) is 0. The predicted molar refractivity (Wildman–Crippen MR) is 109 cm³/mol. The minimum Gasteiger partial charge on any atom is -0.658 e. The van der Waals surface area contributed by atoms with E-state index in [-0.39, 0.29) is 17.1 Å². The summed E-state index contributed by atoms with van der Waals surface area (Å²) < 4.78 is 0. The molecule has 3 aromatic rings. The van der Waals surface area contributed by atoms with Crippen molar-refractivity contribution in [3.8, 4) is 0 Å². The number of hydrogen-bond acceptors (Lipinski definition) is 0. The van der Waals surface area contributed by atoms with Gasteiger partial charge in [0, 0.05) is 0 Å². The van der Waals surface area contributed by atoms with Crippen LogP contribution in [-0.2, 0) is 17.1 Å². The Kier molecular flexibility index (Phi) is 4.72. The summed E-state index contributed by atoms with van der Waals surface area (Å²) in [6.07, 6.45) is 8.40. The quantitative estimate of drug-likeness (QED) is 0.522. The Hall–Kier alpha value is -3.00. The van der Waals surface area contributed by atoms with E-state index < -0.39 is 0 Å². The van der Waals surface area contributed by atoms with E-state index >= 15 is 0 Å². The molecular weight excluding hydrogens is 380 g/mol. The van der Waals surface area contributed by atoms with Crippen LogP contribution in [0.5, 0.6) is 0 Å². The maximum absolute atomic E-state index is 4.95. The van der Waals surface area contributed by atoms with E-state index in [0.717, 1.165) is 44.3 Å². The molecule has 0 amide bonds. The zero-order valence-corrected chi connectivity index (χ0v) is 15.4. The van der Waals surface area contributed by atoms with Crippen LogP contribution >= 0.6 is 0 Å². The molecule has 1 radical (unpaired) electrons. The first-order valence-corrected chi connectivity index (χ1v) is 8.70. The molecule has 0 fully saturated rings. The number of allylic oxidation sites excluding steroid dienone is 2. The summed E-state index contributed by atoms with van der Waals surface area (Å²) in [6.45, 7) is 0. The average molecular weight is 396 g/mol. The standard InChI is InChI=1S/C24H16N2.Cu/c1-3-7-17(8-4-1)21-15-13-19-11-12-20-14-16-22(18-9-5-2-6-10-18)26-24(20)23(19)25-21;/h1-16H;/q-2;+2. The third-order valence-corrected chi connectivity index (χ3v) is 4.66. The number of fused-ring (bicyclic) bond motifs is 3. The van der Waals surface area contributed by atoms with Gasteiger partial charge >= 0.3 is 17.1 Å². The van der Waals surface area contributed by atoms with Crippen molar-refractivity contribution in [1.29, 1.82) is 0 Å². The number of rotatable bonds is 2. The number of benzene rings is 3. The summed E-state index contributed by atoms with van der Waals surface area (Å²) in [5.41, 5.74) is 6.06. The molecule has 27 heavy (non-hydrogen) atoms. The van der Waals surface area contributed by atoms with Gasteiger partial charge in [0.2, 0.25) is 0 Å². The van der Waals surface area contributed by atoms with Crippen molar-refractivity contribution < 1.29 is 17.1 Å². The molecule has 133 valence electrons. The molecule has 0 bridgehead atoms. The van der Waals surface area contributed by atoms with E-state index in [9.17, 15) is 0 Å². The summed E-state index contributed by atoms with van der Waals surface area (Å²) in [5, 5.41) is 12.1. The molecule has 0 N–H and O–H groups in total. The largest absolute Gasteiger partial charge is 2.00 e. The van der Waals surface area contributed by atoms with E-state index in [0.29, 0.717) is 0 Å². The van der Waals surface area contributed by atoms with E-state index in [2.05, 4.69) is 60.7 Å². The van der Waals surface area contributed by atoms with Crippen LogP contribution < -0.4 is 10.4 Å². The smallest absolute Gasteiger partial charge is 0.658 e. The van der Waals surface area contributed by atoms with Gasteiger partial charge < -0.3 is 10.6 Å². The molecule has 0 spiro atoms. The van der Waals surface area contributed by atoms with Crippen LogP contribution in [0.1, 0.15) is 11.1 Å². The van der Waals surface area contributed by atoms with Crippen LogP contribution in [0.15, 0.2) is 84.9 Å². The molecule has 0 atom stereocenters. The van der Waals surface area contributed by atoms with Crippen LogP contribution in [0.4, 0.5) is 11.4 Å². The Balaban J connectivity index is 0.00000180. The predicted octanol–water partition coefficient (Wildman–Crippen LogP) is 5.36. The Bertz CT molecular complexity index is 1070. The van der Waals surface area contributed by atoms with Crippen molar-refractivity contribution in [1.82, 2.24) is 0 Å². The fourth-order valence-corrected chi connectivity index (χ4v) is 3.31. The minimum absolute atomic E-state index is 0. The second-order valence-electron chi connectivity index (χ2n) is 6.33. The van der Waals surface area contributed by atoms with E-state index in [1.807, 2.05) is 36.4 Å². The van der Waals surface area contributed by atoms with Crippen LogP contribution in [0.3, 0.4) is 0 Å². The van der Waals surface area contributed by atoms with Gasteiger partial charge in [-0.25, -0.2) is 0 Å². The summed E-state index contributed by atoms with van der Waals surface area (Å²) in [5.74, 6) is 0. The third kappa shape index (κ3) is 3.23. The molecule has 5 rings (SSSR count). The van der Waals surface area contributed by atoms with Crippen molar-refractivity contribution in [3.05, 3.63) is 117 Å². The van der Waals surface area contributed by atoms with Crippen LogP contribution in [0, 0.1) is 0 Å². The Morgan fingerprint density at radius 1 is 0.444 bits per heavy atom. The maximum Gasteiger partial charge on any atom is 2.00 e. The molecule has 0 aliphatic carbocycles. The second-order valence-corrected chi connectivity index (χ2v) is 6.33. The van der Waals surface area contributed by atoms with Gasteiger partial charge in [0.25, 0.3) is 0 Å². The second kappa shape index (κ2) is 7.32. The van der Waals surface area contributed by atoms with Gasteiger partial charge in [-0.2, -0.15) is 0 Å². The number of nitrogens with zero attached hydrogens (tertiary/aromatic N) is 2. The fraction of sp³-hybridized carbons (Fsp3) is 0. The average Bonchev–Trinajstić information content (AvgIpc) is 2.74. The first-order chi connectivity index (χ1) is 12.9. The molecule has 0 aromatic heterocycles. The monoisotopic (exact) mass is 395 g/mol.